The topological polar surface area (TPSA) is 142 Å². The van der Waals surface area contributed by atoms with Crippen molar-refractivity contribution in [2.24, 2.45) is 5.73 Å². The average molecular weight is 519 g/mol. The number of nitrogens with two attached hydrogens (primary N) is 1. The lowest BCUT2D eigenvalue weighted by Crippen LogP contribution is -2.12. The van der Waals surface area contributed by atoms with Crippen molar-refractivity contribution < 1.29 is 32.3 Å². The second-order valence-electron chi connectivity index (χ2n) is 8.56. The summed E-state index contributed by atoms with van der Waals surface area (Å²) in [4.78, 5) is 24.0. The minimum atomic E-state index is -3.53. The Balaban J connectivity index is 1.89. The van der Waals surface area contributed by atoms with Gasteiger partial charge >= 0.3 is 5.97 Å². The van der Waals surface area contributed by atoms with Crippen molar-refractivity contribution in [2.75, 3.05) is 12.9 Å². The molecule has 3 N–H and O–H groups in total. The summed E-state index contributed by atoms with van der Waals surface area (Å²) in [7, 11) is -3.53. The molecule has 10 heteroatoms. The molecule has 0 aliphatic carbocycles. The molecule has 37 heavy (non-hydrogen) atoms. The number of ether oxygens (including phenoxy) is 1. The van der Waals surface area contributed by atoms with Gasteiger partial charge in [-0.2, -0.15) is 0 Å². The van der Waals surface area contributed by atoms with Crippen LogP contribution < -0.4 is 10.5 Å². The summed E-state index contributed by atoms with van der Waals surface area (Å²) in [5.41, 5.74) is 8.29. The Kier molecular flexibility index (Phi) is 5.96. The molecule has 0 saturated carbocycles. The van der Waals surface area contributed by atoms with Gasteiger partial charge in [-0.3, -0.25) is 4.79 Å². The van der Waals surface area contributed by atoms with Gasteiger partial charge in [0.2, 0.25) is 5.91 Å². The number of fused-ring (bicyclic) bond motifs is 3. The monoisotopic (exact) mass is 518 g/mol. The molecule has 0 fully saturated rings. The highest BCUT2D eigenvalue weighted by atomic mass is 32.2. The zero-order valence-corrected chi connectivity index (χ0v) is 20.5. The van der Waals surface area contributed by atoms with E-state index in [1.165, 1.54) is 6.26 Å². The number of furan rings is 1. The predicted octanol–water partition coefficient (Wildman–Crippen LogP) is 4.07. The van der Waals surface area contributed by atoms with Crippen LogP contribution >= 0.6 is 0 Å². The molecule has 0 spiro atoms. The summed E-state index contributed by atoms with van der Waals surface area (Å²) in [5.74, 6) is -1.09. The van der Waals surface area contributed by atoms with E-state index >= 15 is 0 Å². The van der Waals surface area contributed by atoms with Crippen LogP contribution in [0.15, 0.2) is 82.3 Å². The van der Waals surface area contributed by atoms with Crippen LogP contribution in [0.25, 0.3) is 33.1 Å². The molecule has 0 atom stereocenters. The van der Waals surface area contributed by atoms with E-state index in [9.17, 15) is 23.1 Å². The van der Waals surface area contributed by atoms with Crippen molar-refractivity contribution in [3.63, 3.8) is 0 Å². The standard InChI is InChI=1S/C27H22N2O7S/c1-37(33,34)23-10-3-2-6-16(23)14-29-19-8-4-7-18(27(28)32)25(19)26-20(29)12-17(21-9-5-11-35-21)13-22(26)36-15-24(30)31/h2-13H,14-15H2,1H3,(H2,28,32)(H,30,31). The van der Waals surface area contributed by atoms with Crippen molar-refractivity contribution >= 4 is 43.5 Å². The molecule has 0 aliphatic heterocycles. The lowest BCUT2D eigenvalue weighted by molar-refractivity contribution is -0.139. The third kappa shape index (κ3) is 4.43. The molecule has 9 nitrogen and oxygen atoms in total. The predicted molar refractivity (Wildman–Crippen MR) is 137 cm³/mol. The van der Waals surface area contributed by atoms with Crippen LogP contribution in [0.2, 0.25) is 0 Å². The number of carboxylic acid groups (broad SMARTS) is 1. The van der Waals surface area contributed by atoms with Gasteiger partial charge in [-0.1, -0.05) is 24.3 Å². The number of primary amides is 1. The summed E-state index contributed by atoms with van der Waals surface area (Å²) in [6, 6.07) is 18.7. The van der Waals surface area contributed by atoms with E-state index in [0.29, 0.717) is 38.7 Å². The minimum absolute atomic E-state index is 0.144. The van der Waals surface area contributed by atoms with Crippen LogP contribution in [0, 0.1) is 0 Å². The molecule has 2 heterocycles. The lowest BCUT2D eigenvalue weighted by atomic mass is 10.0. The molecule has 0 bridgehead atoms. The minimum Gasteiger partial charge on any atom is -0.481 e. The number of hydrogen-bond acceptors (Lipinski definition) is 6. The summed E-state index contributed by atoms with van der Waals surface area (Å²) in [6.45, 7) is -0.468. The molecule has 5 aromatic rings. The van der Waals surface area contributed by atoms with Gasteiger partial charge in [0.25, 0.3) is 0 Å². The second kappa shape index (κ2) is 9.14. The number of benzene rings is 3. The van der Waals surface area contributed by atoms with Crippen LogP contribution in [-0.2, 0) is 21.2 Å². The number of aliphatic carboxylic acids is 1. The van der Waals surface area contributed by atoms with E-state index in [1.807, 2.05) is 10.6 Å². The van der Waals surface area contributed by atoms with E-state index in [4.69, 9.17) is 14.9 Å². The van der Waals surface area contributed by atoms with E-state index in [0.717, 1.165) is 6.26 Å². The molecule has 0 aliphatic rings. The number of nitrogens with zero attached hydrogens (tertiary/aromatic N) is 1. The van der Waals surface area contributed by atoms with Crippen LogP contribution in [0.1, 0.15) is 15.9 Å². The Morgan fingerprint density at radius 1 is 1.00 bits per heavy atom. The number of carbonyl (C=O) groups is 2. The van der Waals surface area contributed by atoms with Crippen molar-refractivity contribution in [3.05, 3.63) is 84.1 Å². The van der Waals surface area contributed by atoms with Gasteiger partial charge in [-0.15, -0.1) is 0 Å². The van der Waals surface area contributed by atoms with Crippen LogP contribution in [0.4, 0.5) is 0 Å². The summed E-state index contributed by atoms with van der Waals surface area (Å²) < 4.78 is 38.2. The molecule has 1 amide bonds. The number of hydrogen-bond donors (Lipinski definition) is 2. The number of sulfone groups is 1. The smallest absolute Gasteiger partial charge is 0.341 e. The van der Waals surface area contributed by atoms with E-state index in [2.05, 4.69) is 0 Å². The molecule has 0 saturated heterocycles. The van der Waals surface area contributed by atoms with Gasteiger partial charge in [-0.25, -0.2) is 13.2 Å². The third-order valence-corrected chi connectivity index (χ3v) is 7.28. The largest absolute Gasteiger partial charge is 0.481 e. The van der Waals surface area contributed by atoms with Crippen LogP contribution in [0.5, 0.6) is 5.75 Å². The fourth-order valence-electron chi connectivity index (χ4n) is 4.60. The van der Waals surface area contributed by atoms with E-state index in [1.54, 1.807) is 60.7 Å². The van der Waals surface area contributed by atoms with Gasteiger partial charge in [0, 0.05) is 29.3 Å². The Hall–Kier alpha value is -4.57. The molecule has 5 rings (SSSR count). The van der Waals surface area contributed by atoms with Gasteiger partial charge in [0.15, 0.2) is 16.4 Å². The zero-order chi connectivity index (χ0) is 26.3. The fraction of sp³-hybridized carbons (Fsp3) is 0.111. The Morgan fingerprint density at radius 3 is 2.46 bits per heavy atom. The first-order valence-corrected chi connectivity index (χ1v) is 13.1. The first-order valence-electron chi connectivity index (χ1n) is 11.2. The maximum Gasteiger partial charge on any atom is 0.341 e. The summed E-state index contributed by atoms with van der Waals surface area (Å²) in [5, 5.41) is 10.2. The van der Waals surface area contributed by atoms with E-state index in [-0.39, 0.29) is 22.8 Å². The Morgan fingerprint density at radius 2 is 1.78 bits per heavy atom. The van der Waals surface area contributed by atoms with Gasteiger partial charge in [0.05, 0.1) is 27.6 Å². The molecule has 0 unspecified atom stereocenters. The average Bonchev–Trinajstić information content (AvgIpc) is 3.49. The molecule has 0 radical (unpaired) electrons. The quantitative estimate of drug-likeness (QED) is 0.315. The molecule has 3 aromatic carbocycles. The number of carboxylic acids is 1. The van der Waals surface area contributed by atoms with Crippen molar-refractivity contribution in [1.82, 2.24) is 4.57 Å². The second-order valence-corrected chi connectivity index (χ2v) is 10.5. The van der Waals surface area contributed by atoms with Gasteiger partial charge < -0.3 is 24.6 Å². The third-order valence-electron chi connectivity index (χ3n) is 6.08. The lowest BCUT2D eigenvalue weighted by Gasteiger charge is -2.13. The maximum atomic E-state index is 12.5. The number of rotatable bonds is 8. The highest BCUT2D eigenvalue weighted by Gasteiger charge is 2.23. The molecule has 2 aromatic heterocycles. The zero-order valence-electron chi connectivity index (χ0n) is 19.7. The first kappa shape index (κ1) is 24.1. The van der Waals surface area contributed by atoms with E-state index < -0.39 is 28.3 Å². The van der Waals surface area contributed by atoms with Crippen molar-refractivity contribution in [1.29, 1.82) is 0 Å². The maximum absolute atomic E-state index is 12.5. The normalized spacial score (nSPS) is 11.7. The highest BCUT2D eigenvalue weighted by Crippen LogP contribution is 2.41. The number of carbonyl (C=O) groups excluding carboxylic acids is 1. The van der Waals surface area contributed by atoms with Crippen molar-refractivity contribution in [2.45, 2.75) is 11.4 Å². The number of aromatic nitrogens is 1. The molecular weight excluding hydrogens is 496 g/mol. The highest BCUT2D eigenvalue weighted by molar-refractivity contribution is 7.90. The SMILES string of the molecule is CS(=O)(=O)c1ccccc1Cn1c2cc(-c3ccco3)cc(OCC(=O)O)c2c2c(C(N)=O)cccc21. The van der Waals surface area contributed by atoms with Gasteiger partial charge in [-0.05, 0) is 48.0 Å². The van der Waals surface area contributed by atoms with Crippen LogP contribution in [-0.4, -0.2) is 42.8 Å². The van der Waals surface area contributed by atoms with Gasteiger partial charge in [0.1, 0.15) is 11.5 Å². The molecular formula is C27H22N2O7S. The van der Waals surface area contributed by atoms with Crippen molar-refractivity contribution in [3.8, 4) is 17.1 Å². The fourth-order valence-corrected chi connectivity index (χ4v) is 5.54. The number of amides is 1. The summed E-state index contributed by atoms with van der Waals surface area (Å²) >= 11 is 0. The Bertz CT molecular complexity index is 1780. The molecule has 188 valence electrons. The summed E-state index contributed by atoms with van der Waals surface area (Å²) in [6.07, 6.45) is 2.66. The van der Waals surface area contributed by atoms with Crippen LogP contribution in [0.3, 0.4) is 0 Å². The Labute approximate surface area is 211 Å². The first-order chi connectivity index (χ1) is 17.6.